The molecule has 0 aliphatic carbocycles. The Balaban J connectivity index is 1.41. The third-order valence-electron chi connectivity index (χ3n) is 4.82. The number of pyridine rings is 1. The van der Waals surface area contributed by atoms with E-state index in [1.165, 1.54) is 5.69 Å². The molecule has 0 radical (unpaired) electrons. The Morgan fingerprint density at radius 2 is 1.93 bits per heavy atom. The number of fused-ring (bicyclic) bond motifs is 1. The van der Waals surface area contributed by atoms with Gasteiger partial charge >= 0.3 is 0 Å². The van der Waals surface area contributed by atoms with Crippen LogP contribution >= 0.6 is 0 Å². The van der Waals surface area contributed by atoms with E-state index in [9.17, 15) is 4.79 Å². The van der Waals surface area contributed by atoms with Gasteiger partial charge in [-0.15, -0.1) is 0 Å². The van der Waals surface area contributed by atoms with Crippen molar-refractivity contribution in [2.45, 2.75) is 13.0 Å². The summed E-state index contributed by atoms with van der Waals surface area (Å²) in [6, 6.07) is 21.8. The third kappa shape index (κ3) is 4.31. The maximum Gasteiger partial charge on any atom is 0.251 e. The number of amides is 1. The smallest absolute Gasteiger partial charge is 0.251 e. The Labute approximate surface area is 165 Å². The maximum atomic E-state index is 12.5. The van der Waals surface area contributed by atoms with Crippen LogP contribution in [0.4, 0.5) is 5.69 Å². The number of hydrogen-bond acceptors (Lipinski definition) is 4. The van der Waals surface area contributed by atoms with Crippen LogP contribution in [0.15, 0.2) is 72.9 Å². The van der Waals surface area contributed by atoms with Crippen molar-refractivity contribution in [1.82, 2.24) is 10.3 Å². The van der Waals surface area contributed by atoms with Gasteiger partial charge in [-0.1, -0.05) is 30.3 Å². The van der Waals surface area contributed by atoms with Gasteiger partial charge in [0.05, 0.1) is 6.54 Å². The Hall–Kier alpha value is -3.34. The van der Waals surface area contributed by atoms with Crippen LogP contribution in [-0.4, -0.2) is 30.6 Å². The number of benzene rings is 2. The minimum absolute atomic E-state index is 0.0912. The summed E-state index contributed by atoms with van der Waals surface area (Å²) in [6.07, 6.45) is 2.47. The molecule has 4 rings (SSSR count). The molecule has 2 aromatic carbocycles. The van der Waals surface area contributed by atoms with Crippen molar-refractivity contribution < 1.29 is 9.53 Å². The second-order valence-electron chi connectivity index (χ2n) is 6.76. The van der Waals surface area contributed by atoms with Crippen LogP contribution in [0.3, 0.4) is 0 Å². The number of carbonyl (C=O) groups is 1. The molecule has 1 aliphatic rings. The van der Waals surface area contributed by atoms with Crippen LogP contribution < -0.4 is 15.0 Å². The monoisotopic (exact) mass is 373 g/mol. The highest BCUT2D eigenvalue weighted by molar-refractivity contribution is 5.94. The van der Waals surface area contributed by atoms with E-state index in [1.807, 2.05) is 54.6 Å². The molecule has 5 heteroatoms. The van der Waals surface area contributed by atoms with E-state index >= 15 is 0 Å². The molecule has 1 N–H and O–H groups in total. The molecular formula is C23H23N3O2. The molecule has 0 atom stereocenters. The molecule has 142 valence electrons. The zero-order valence-corrected chi connectivity index (χ0v) is 15.7. The average molecular weight is 373 g/mol. The Morgan fingerprint density at radius 1 is 1.07 bits per heavy atom. The van der Waals surface area contributed by atoms with Crippen LogP contribution in [0.5, 0.6) is 5.75 Å². The SMILES string of the molecule is O=C(NCCc1ccccn1)c1ccc2c(c1)OCCN(c1ccccc1)C2. The second-order valence-corrected chi connectivity index (χ2v) is 6.76. The number of anilines is 1. The molecule has 0 spiro atoms. The van der Waals surface area contributed by atoms with Gasteiger partial charge < -0.3 is 15.0 Å². The summed E-state index contributed by atoms with van der Waals surface area (Å²) in [7, 11) is 0. The fourth-order valence-electron chi connectivity index (χ4n) is 3.32. The fraction of sp³-hybridized carbons (Fsp3) is 0.217. The lowest BCUT2D eigenvalue weighted by molar-refractivity contribution is 0.0953. The van der Waals surface area contributed by atoms with E-state index in [-0.39, 0.29) is 5.91 Å². The average Bonchev–Trinajstić information content (AvgIpc) is 2.97. The Bertz CT molecular complexity index is 929. The lowest BCUT2D eigenvalue weighted by Crippen LogP contribution is -2.26. The molecule has 0 fully saturated rings. The highest BCUT2D eigenvalue weighted by Crippen LogP contribution is 2.27. The summed E-state index contributed by atoms with van der Waals surface area (Å²) in [5, 5.41) is 2.96. The highest BCUT2D eigenvalue weighted by atomic mass is 16.5. The van der Waals surface area contributed by atoms with Gasteiger partial charge in [-0.05, 0) is 36.4 Å². The third-order valence-corrected chi connectivity index (χ3v) is 4.82. The summed E-state index contributed by atoms with van der Waals surface area (Å²) in [5.41, 5.74) is 3.85. The highest BCUT2D eigenvalue weighted by Gasteiger charge is 2.17. The van der Waals surface area contributed by atoms with Gasteiger partial charge in [-0.2, -0.15) is 0 Å². The predicted octanol–water partition coefficient (Wildman–Crippen LogP) is 3.45. The summed E-state index contributed by atoms with van der Waals surface area (Å²) >= 11 is 0. The summed E-state index contributed by atoms with van der Waals surface area (Å²) < 4.78 is 5.93. The van der Waals surface area contributed by atoms with E-state index in [0.717, 1.165) is 30.1 Å². The molecule has 2 heterocycles. The van der Waals surface area contributed by atoms with Crippen molar-refractivity contribution in [3.05, 3.63) is 89.7 Å². The van der Waals surface area contributed by atoms with E-state index in [4.69, 9.17) is 4.74 Å². The normalized spacial score (nSPS) is 13.2. The topological polar surface area (TPSA) is 54.5 Å². The zero-order valence-electron chi connectivity index (χ0n) is 15.7. The summed E-state index contributed by atoms with van der Waals surface area (Å²) in [5.74, 6) is 0.697. The van der Waals surface area contributed by atoms with Crippen molar-refractivity contribution in [2.24, 2.45) is 0 Å². The Morgan fingerprint density at radius 3 is 2.75 bits per heavy atom. The standard InChI is InChI=1S/C23H23N3O2/c27-23(25-13-11-20-6-4-5-12-24-20)18-9-10-19-17-26(14-15-28-22(19)16-18)21-7-2-1-3-8-21/h1-10,12,16H,11,13-15,17H2,(H,25,27). The van der Waals surface area contributed by atoms with Crippen molar-refractivity contribution in [3.8, 4) is 5.75 Å². The van der Waals surface area contributed by atoms with Gasteiger partial charge in [0.2, 0.25) is 0 Å². The van der Waals surface area contributed by atoms with E-state index in [1.54, 1.807) is 6.20 Å². The first-order valence-electron chi connectivity index (χ1n) is 9.53. The fourth-order valence-corrected chi connectivity index (χ4v) is 3.32. The van der Waals surface area contributed by atoms with Gasteiger partial charge in [0.25, 0.3) is 5.91 Å². The summed E-state index contributed by atoms with van der Waals surface area (Å²) in [6.45, 7) is 2.72. The Kier molecular flexibility index (Phi) is 5.52. The summed E-state index contributed by atoms with van der Waals surface area (Å²) in [4.78, 5) is 19.1. The molecule has 0 saturated heterocycles. The van der Waals surface area contributed by atoms with E-state index in [0.29, 0.717) is 25.1 Å². The number of nitrogens with one attached hydrogen (secondary N) is 1. The van der Waals surface area contributed by atoms with Gasteiger partial charge in [0, 0.05) is 48.2 Å². The first-order valence-corrected chi connectivity index (χ1v) is 9.53. The lowest BCUT2D eigenvalue weighted by Gasteiger charge is -2.21. The predicted molar refractivity (Wildman–Crippen MR) is 110 cm³/mol. The van der Waals surface area contributed by atoms with Crippen molar-refractivity contribution in [2.75, 3.05) is 24.6 Å². The number of aromatic nitrogens is 1. The van der Waals surface area contributed by atoms with Crippen LogP contribution in [0.25, 0.3) is 0 Å². The maximum absolute atomic E-state index is 12.5. The lowest BCUT2D eigenvalue weighted by atomic mass is 10.1. The molecule has 0 bridgehead atoms. The molecule has 1 aromatic heterocycles. The van der Waals surface area contributed by atoms with Gasteiger partial charge in [0.1, 0.15) is 12.4 Å². The number of para-hydroxylation sites is 1. The number of nitrogens with zero attached hydrogens (tertiary/aromatic N) is 2. The van der Waals surface area contributed by atoms with Crippen LogP contribution in [0.2, 0.25) is 0 Å². The van der Waals surface area contributed by atoms with Gasteiger partial charge in [-0.3, -0.25) is 9.78 Å². The largest absolute Gasteiger partial charge is 0.491 e. The van der Waals surface area contributed by atoms with Crippen LogP contribution in [0.1, 0.15) is 21.6 Å². The minimum atomic E-state index is -0.0912. The van der Waals surface area contributed by atoms with Crippen LogP contribution in [-0.2, 0) is 13.0 Å². The second kappa shape index (κ2) is 8.57. The zero-order chi connectivity index (χ0) is 19.2. The molecule has 1 aliphatic heterocycles. The number of hydrogen-bond donors (Lipinski definition) is 1. The molecule has 0 unspecified atom stereocenters. The molecule has 3 aromatic rings. The van der Waals surface area contributed by atoms with E-state index < -0.39 is 0 Å². The molecule has 0 saturated carbocycles. The number of ether oxygens (including phenoxy) is 1. The quantitative estimate of drug-likeness (QED) is 0.744. The first kappa shape index (κ1) is 18.0. The van der Waals surface area contributed by atoms with Crippen molar-refractivity contribution in [3.63, 3.8) is 0 Å². The molecule has 1 amide bonds. The molecule has 5 nitrogen and oxygen atoms in total. The number of carbonyl (C=O) groups excluding carboxylic acids is 1. The van der Waals surface area contributed by atoms with Gasteiger partial charge in [0.15, 0.2) is 0 Å². The van der Waals surface area contributed by atoms with E-state index in [2.05, 4.69) is 27.3 Å². The first-order chi connectivity index (χ1) is 13.8. The van der Waals surface area contributed by atoms with Crippen molar-refractivity contribution in [1.29, 1.82) is 0 Å². The van der Waals surface area contributed by atoms with Gasteiger partial charge in [-0.25, -0.2) is 0 Å². The molecular weight excluding hydrogens is 350 g/mol. The minimum Gasteiger partial charge on any atom is -0.491 e. The van der Waals surface area contributed by atoms with Crippen molar-refractivity contribution >= 4 is 11.6 Å². The van der Waals surface area contributed by atoms with Crippen LogP contribution in [0, 0.1) is 0 Å². The number of rotatable bonds is 5. The molecule has 28 heavy (non-hydrogen) atoms.